The van der Waals surface area contributed by atoms with Crippen molar-refractivity contribution in [3.05, 3.63) is 169 Å². The van der Waals surface area contributed by atoms with Gasteiger partial charge in [-0.15, -0.1) is 0 Å². The Hall–Kier alpha value is -4.08. The van der Waals surface area contributed by atoms with E-state index in [4.69, 9.17) is 0 Å². The summed E-state index contributed by atoms with van der Waals surface area (Å²) in [4.78, 5) is 0. The SMILES string of the molecule is C=CC(=C)/C(C=C)=C/c1c(CP(C)c2ccccc2P(C)C[C@@H]2CC=c3ccccc3=C2c2c(C)ccc3c2=CCCC=3)ccc(=C)c1=C. The number of benzene rings is 4. The van der Waals surface area contributed by atoms with Crippen molar-refractivity contribution in [1.82, 2.24) is 0 Å². The molecule has 0 saturated heterocycles. The number of hydrogen-bond acceptors (Lipinski definition) is 0. The molecule has 0 radical (unpaired) electrons. The number of hydrogen-bond donors (Lipinski definition) is 0. The largest absolute Gasteiger partial charge is 0.0985 e. The van der Waals surface area contributed by atoms with Crippen LogP contribution in [-0.4, -0.2) is 19.5 Å². The van der Waals surface area contributed by atoms with Crippen molar-refractivity contribution >= 4 is 69.5 Å². The zero-order valence-electron chi connectivity index (χ0n) is 29.4. The maximum atomic E-state index is 4.43. The number of fused-ring (bicyclic) bond motifs is 2. The Balaban J connectivity index is 1.37. The Morgan fingerprint density at radius 2 is 1.51 bits per heavy atom. The molecule has 0 heterocycles. The molecule has 3 atom stereocenters. The molecule has 4 aromatic carbocycles. The van der Waals surface area contributed by atoms with Crippen LogP contribution < -0.4 is 41.9 Å². The molecule has 2 aliphatic rings. The molecule has 2 heteroatoms. The molecule has 0 N–H and O–H groups in total. The van der Waals surface area contributed by atoms with Crippen molar-refractivity contribution in [2.45, 2.75) is 32.3 Å². The minimum Gasteiger partial charge on any atom is -0.0985 e. The molecular formula is C47H48P2. The Morgan fingerprint density at radius 1 is 0.796 bits per heavy atom. The second-order valence-corrected chi connectivity index (χ2v) is 17.9. The van der Waals surface area contributed by atoms with Crippen LogP contribution in [-0.2, 0) is 6.16 Å². The van der Waals surface area contributed by atoms with E-state index in [0.29, 0.717) is 5.92 Å². The summed E-state index contributed by atoms with van der Waals surface area (Å²) in [6.45, 7) is 28.1. The summed E-state index contributed by atoms with van der Waals surface area (Å²) in [6.07, 6.45) is 18.7. The second kappa shape index (κ2) is 15.2. The zero-order chi connectivity index (χ0) is 34.7. The van der Waals surface area contributed by atoms with Crippen molar-refractivity contribution < 1.29 is 0 Å². The van der Waals surface area contributed by atoms with Crippen LogP contribution >= 0.6 is 15.8 Å². The van der Waals surface area contributed by atoms with Gasteiger partial charge < -0.3 is 0 Å². The summed E-state index contributed by atoms with van der Waals surface area (Å²) >= 11 is 0. The lowest BCUT2D eigenvalue weighted by molar-refractivity contribution is 0.781. The molecule has 0 saturated carbocycles. The first-order valence-corrected chi connectivity index (χ1v) is 21.2. The standard InChI is InChI=1S/C47H48P2/c1-9-32(3)36(10-2)29-43-35(6)33(4)23-26-39(43)30-48(7)44-21-15-16-22-45(44)49(8)31-40-28-27-38-18-12-14-20-42(38)47(40)46-34(5)24-25-37-17-11-13-19-41(37)46/h9-10,12,14-27,29,40H,1-4,6,11,13,28,30-31H2,5,7-8H3/b36-29+/t40-,48?,49?/m0/s1. The molecule has 0 nitrogen and oxygen atoms in total. The quantitative estimate of drug-likeness (QED) is 0.121. The molecule has 0 aromatic heterocycles. The molecule has 2 aliphatic carbocycles. The van der Waals surface area contributed by atoms with E-state index < -0.39 is 15.8 Å². The van der Waals surface area contributed by atoms with E-state index >= 15 is 0 Å². The van der Waals surface area contributed by atoms with Crippen LogP contribution in [0.5, 0.6) is 0 Å². The van der Waals surface area contributed by atoms with Gasteiger partial charge in [-0.3, -0.25) is 0 Å². The van der Waals surface area contributed by atoms with Crippen LogP contribution in [0.25, 0.3) is 43.0 Å². The molecule has 0 amide bonds. The topological polar surface area (TPSA) is 0 Å². The molecule has 0 bridgehead atoms. The maximum Gasteiger partial charge on any atom is -0.00289 e. The van der Waals surface area contributed by atoms with E-state index in [0.717, 1.165) is 52.6 Å². The highest BCUT2D eigenvalue weighted by Crippen LogP contribution is 2.42. The van der Waals surface area contributed by atoms with Gasteiger partial charge in [0.2, 0.25) is 0 Å². The third kappa shape index (κ3) is 7.15. The van der Waals surface area contributed by atoms with Crippen molar-refractivity contribution in [2.75, 3.05) is 19.5 Å². The first-order chi connectivity index (χ1) is 23.7. The van der Waals surface area contributed by atoms with Gasteiger partial charge in [0.1, 0.15) is 0 Å². The number of allylic oxidation sites excluding steroid dienone is 4. The van der Waals surface area contributed by atoms with Gasteiger partial charge >= 0.3 is 0 Å². The smallest absolute Gasteiger partial charge is 0.00289 e. The van der Waals surface area contributed by atoms with E-state index in [2.05, 4.69) is 150 Å². The van der Waals surface area contributed by atoms with Crippen LogP contribution in [0.1, 0.15) is 41.5 Å². The molecule has 0 aliphatic heterocycles. The van der Waals surface area contributed by atoms with E-state index in [1.807, 2.05) is 6.08 Å². The lowest BCUT2D eigenvalue weighted by atomic mass is 9.82. The van der Waals surface area contributed by atoms with Gasteiger partial charge in [-0.2, -0.15) is 0 Å². The van der Waals surface area contributed by atoms with Crippen molar-refractivity contribution in [3.63, 3.8) is 0 Å². The summed E-state index contributed by atoms with van der Waals surface area (Å²) < 4.78 is 0. The highest BCUT2D eigenvalue weighted by atomic mass is 31.1. The molecule has 0 spiro atoms. The monoisotopic (exact) mass is 674 g/mol. The Bertz CT molecular complexity index is 2350. The molecule has 49 heavy (non-hydrogen) atoms. The molecular weight excluding hydrogens is 626 g/mol. The highest BCUT2D eigenvalue weighted by Gasteiger charge is 2.26. The highest BCUT2D eigenvalue weighted by molar-refractivity contribution is 7.71. The summed E-state index contributed by atoms with van der Waals surface area (Å²) in [7, 11) is -0.890. The third-order valence-corrected chi connectivity index (χ3v) is 14.6. The van der Waals surface area contributed by atoms with Gasteiger partial charge in [0.05, 0.1) is 0 Å². The Labute approximate surface area is 295 Å². The van der Waals surface area contributed by atoms with Crippen molar-refractivity contribution in [1.29, 1.82) is 0 Å². The van der Waals surface area contributed by atoms with Gasteiger partial charge in [-0.25, -0.2) is 0 Å². The molecule has 6 rings (SSSR count). The first-order valence-electron chi connectivity index (χ1n) is 17.3. The fourth-order valence-electron chi connectivity index (χ4n) is 7.51. The number of rotatable bonds is 11. The van der Waals surface area contributed by atoms with Gasteiger partial charge in [0, 0.05) is 0 Å². The minimum absolute atomic E-state index is 0.413. The van der Waals surface area contributed by atoms with Gasteiger partial charge in [0.15, 0.2) is 0 Å². The van der Waals surface area contributed by atoms with E-state index in [9.17, 15) is 0 Å². The number of aryl methyl sites for hydroxylation is 1. The van der Waals surface area contributed by atoms with E-state index in [-0.39, 0.29) is 0 Å². The average Bonchev–Trinajstić information content (AvgIpc) is 3.13. The molecule has 2 unspecified atom stereocenters. The third-order valence-electron chi connectivity index (χ3n) is 10.2. The van der Waals surface area contributed by atoms with Crippen LogP contribution in [0, 0.1) is 12.8 Å². The van der Waals surface area contributed by atoms with Crippen LogP contribution in [0.4, 0.5) is 0 Å². The Morgan fingerprint density at radius 3 is 2.27 bits per heavy atom. The predicted molar refractivity (Wildman–Crippen MR) is 224 cm³/mol. The van der Waals surface area contributed by atoms with Gasteiger partial charge in [-0.1, -0.05) is 152 Å². The van der Waals surface area contributed by atoms with E-state index in [1.54, 1.807) is 17.0 Å². The van der Waals surface area contributed by atoms with Gasteiger partial charge in [-0.05, 0) is 145 Å². The minimum atomic E-state index is -0.477. The lowest BCUT2D eigenvalue weighted by Gasteiger charge is -2.29. The lowest BCUT2D eigenvalue weighted by Crippen LogP contribution is -2.39. The fraction of sp³-hybridized carbons (Fsp3) is 0.191. The summed E-state index contributed by atoms with van der Waals surface area (Å²) in [5.41, 5.74) is 8.66. The average molecular weight is 675 g/mol. The summed E-state index contributed by atoms with van der Waals surface area (Å²) in [5.74, 6) is 0.466. The van der Waals surface area contributed by atoms with Crippen LogP contribution in [0.2, 0.25) is 0 Å². The zero-order valence-corrected chi connectivity index (χ0v) is 31.2. The van der Waals surface area contributed by atoms with Crippen LogP contribution in [0.15, 0.2) is 116 Å². The van der Waals surface area contributed by atoms with E-state index in [1.165, 1.54) is 49.0 Å². The predicted octanol–water partition coefficient (Wildman–Crippen LogP) is 6.86. The van der Waals surface area contributed by atoms with Crippen molar-refractivity contribution in [2.24, 2.45) is 5.92 Å². The maximum absolute atomic E-state index is 4.43. The summed E-state index contributed by atoms with van der Waals surface area (Å²) in [5, 5.41) is 10.6. The second-order valence-electron chi connectivity index (χ2n) is 13.4. The molecule has 246 valence electrons. The Kier molecular flexibility index (Phi) is 10.8. The molecule has 4 aromatic rings. The molecule has 0 fully saturated rings. The van der Waals surface area contributed by atoms with Crippen molar-refractivity contribution in [3.8, 4) is 0 Å². The normalized spacial score (nSPS) is 16.6. The first kappa shape index (κ1) is 34.8. The van der Waals surface area contributed by atoms with Gasteiger partial charge in [0.25, 0.3) is 0 Å². The van der Waals surface area contributed by atoms with Crippen LogP contribution in [0.3, 0.4) is 0 Å². The fourth-order valence-corrected chi connectivity index (χ4v) is 12.3. The summed E-state index contributed by atoms with van der Waals surface area (Å²) in [6, 6.07) is 27.4.